The lowest BCUT2D eigenvalue weighted by Crippen LogP contribution is -2.29. The topological polar surface area (TPSA) is 73.9 Å². The van der Waals surface area contributed by atoms with E-state index in [0.29, 0.717) is 0 Å². The second kappa shape index (κ2) is 7.30. The molecular formula is C16H6Cl4N2O2. The van der Waals surface area contributed by atoms with Gasteiger partial charge in [0, 0.05) is 25.7 Å². The van der Waals surface area contributed by atoms with Crippen molar-refractivity contribution >= 4 is 52.4 Å². The summed E-state index contributed by atoms with van der Waals surface area (Å²) in [6, 6.07) is 11.5. The summed E-state index contributed by atoms with van der Waals surface area (Å²) < 4.78 is 5.13. The van der Waals surface area contributed by atoms with E-state index in [9.17, 15) is 15.3 Å². The maximum Gasteiger partial charge on any atom is 0.340 e. The zero-order chi connectivity index (χ0) is 17.9. The molecule has 0 spiro atoms. The lowest BCUT2D eigenvalue weighted by atomic mass is 9.96. The van der Waals surface area contributed by atoms with Crippen LogP contribution in [0, 0.1) is 22.7 Å². The summed E-state index contributed by atoms with van der Waals surface area (Å²) in [5.74, 6) is -0.946. The van der Waals surface area contributed by atoms with Crippen molar-refractivity contribution in [3.8, 4) is 12.1 Å². The number of carbonyl (C=O) groups is 1. The molecule has 0 heterocycles. The lowest BCUT2D eigenvalue weighted by molar-refractivity contribution is 0.0238. The van der Waals surface area contributed by atoms with Gasteiger partial charge in [-0.05, 0) is 36.4 Å². The first-order valence-electron chi connectivity index (χ1n) is 6.28. The minimum atomic E-state index is -2.22. The molecule has 4 nitrogen and oxygen atoms in total. The van der Waals surface area contributed by atoms with Gasteiger partial charge in [0.15, 0.2) is 0 Å². The van der Waals surface area contributed by atoms with Gasteiger partial charge in [-0.1, -0.05) is 46.4 Å². The van der Waals surface area contributed by atoms with Crippen molar-refractivity contribution < 1.29 is 9.53 Å². The SMILES string of the molecule is N#CC(C#N)(OC(=O)c1cc(Cl)cc(Cl)c1)c1cc(Cl)cc(Cl)c1. The fraction of sp³-hybridized carbons (Fsp3) is 0.0625. The molecule has 0 saturated carbocycles. The quantitative estimate of drug-likeness (QED) is 0.647. The number of nitriles is 2. The molecule has 0 N–H and O–H groups in total. The molecule has 8 heteroatoms. The predicted octanol–water partition coefficient (Wildman–Crippen LogP) is 5.40. The van der Waals surface area contributed by atoms with E-state index in [1.807, 2.05) is 0 Å². The van der Waals surface area contributed by atoms with E-state index in [-0.39, 0.29) is 31.2 Å². The van der Waals surface area contributed by atoms with E-state index in [2.05, 4.69) is 0 Å². The van der Waals surface area contributed by atoms with E-state index in [1.165, 1.54) is 36.4 Å². The molecule has 0 saturated heterocycles. The predicted molar refractivity (Wildman–Crippen MR) is 91.2 cm³/mol. The first-order valence-corrected chi connectivity index (χ1v) is 7.79. The molecule has 0 radical (unpaired) electrons. The highest BCUT2D eigenvalue weighted by Crippen LogP contribution is 2.31. The van der Waals surface area contributed by atoms with Gasteiger partial charge >= 0.3 is 11.6 Å². The van der Waals surface area contributed by atoms with Gasteiger partial charge in [-0.15, -0.1) is 0 Å². The van der Waals surface area contributed by atoms with Crippen LogP contribution in [0.25, 0.3) is 0 Å². The fourth-order valence-corrected chi connectivity index (χ4v) is 2.94. The van der Waals surface area contributed by atoms with Crippen LogP contribution in [0.3, 0.4) is 0 Å². The standard InChI is InChI=1S/C16H6Cl4N2O2/c17-11-1-9(2-12(18)5-11)15(23)24-16(7-21,8-22)10-3-13(19)6-14(20)4-10/h1-6H. The normalized spacial score (nSPS) is 10.6. The smallest absolute Gasteiger partial charge is 0.340 e. The maximum absolute atomic E-state index is 12.3. The number of rotatable bonds is 3. The lowest BCUT2D eigenvalue weighted by Gasteiger charge is -2.20. The van der Waals surface area contributed by atoms with Crippen molar-refractivity contribution in [3.05, 3.63) is 67.6 Å². The third kappa shape index (κ3) is 3.93. The molecule has 0 bridgehead atoms. The van der Waals surface area contributed by atoms with Gasteiger partial charge in [-0.2, -0.15) is 10.5 Å². The van der Waals surface area contributed by atoms with Crippen LogP contribution in [0.1, 0.15) is 15.9 Å². The molecule has 120 valence electrons. The number of hydrogen-bond acceptors (Lipinski definition) is 4. The van der Waals surface area contributed by atoms with Crippen LogP contribution in [0.2, 0.25) is 20.1 Å². The number of benzene rings is 2. The van der Waals surface area contributed by atoms with Gasteiger partial charge in [-0.25, -0.2) is 4.79 Å². The van der Waals surface area contributed by atoms with Crippen LogP contribution in [0.15, 0.2) is 36.4 Å². The average molecular weight is 400 g/mol. The van der Waals surface area contributed by atoms with Crippen molar-refractivity contribution in [2.24, 2.45) is 0 Å². The molecule has 0 aliphatic carbocycles. The Hall–Kier alpha value is -1.95. The Bertz CT molecular complexity index is 845. The molecule has 0 amide bonds. The maximum atomic E-state index is 12.3. The number of carbonyl (C=O) groups excluding carboxylic acids is 1. The zero-order valence-corrected chi connectivity index (χ0v) is 14.7. The molecular weight excluding hydrogens is 394 g/mol. The summed E-state index contributed by atoms with van der Waals surface area (Å²) in [4.78, 5) is 12.3. The van der Waals surface area contributed by atoms with E-state index in [1.54, 1.807) is 12.1 Å². The van der Waals surface area contributed by atoms with Crippen LogP contribution < -0.4 is 0 Å². The van der Waals surface area contributed by atoms with Crippen molar-refractivity contribution in [1.29, 1.82) is 10.5 Å². The van der Waals surface area contributed by atoms with Crippen molar-refractivity contribution in [2.75, 3.05) is 0 Å². The summed E-state index contributed by atoms with van der Waals surface area (Å²) in [6.45, 7) is 0. The Balaban J connectivity index is 2.47. The summed E-state index contributed by atoms with van der Waals surface area (Å²) in [7, 11) is 0. The second-order valence-corrected chi connectivity index (χ2v) is 6.36. The molecule has 0 aliphatic heterocycles. The molecule has 0 unspecified atom stereocenters. The average Bonchev–Trinajstić information content (AvgIpc) is 2.50. The van der Waals surface area contributed by atoms with Crippen molar-refractivity contribution in [1.82, 2.24) is 0 Å². The van der Waals surface area contributed by atoms with E-state index in [0.717, 1.165) is 0 Å². The highest BCUT2D eigenvalue weighted by molar-refractivity contribution is 6.35. The molecule has 0 aliphatic rings. The first-order chi connectivity index (χ1) is 11.3. The second-order valence-electron chi connectivity index (χ2n) is 4.61. The molecule has 24 heavy (non-hydrogen) atoms. The minimum absolute atomic E-state index is 0.00417. The largest absolute Gasteiger partial charge is 0.422 e. The molecule has 0 fully saturated rings. The van der Waals surface area contributed by atoms with Gasteiger partial charge in [-0.3, -0.25) is 0 Å². The van der Waals surface area contributed by atoms with Crippen LogP contribution in [0.5, 0.6) is 0 Å². The first kappa shape index (κ1) is 18.4. The monoisotopic (exact) mass is 398 g/mol. The number of nitrogens with zero attached hydrogens (tertiary/aromatic N) is 2. The third-order valence-corrected chi connectivity index (χ3v) is 3.80. The zero-order valence-electron chi connectivity index (χ0n) is 11.7. The van der Waals surface area contributed by atoms with E-state index < -0.39 is 11.6 Å². The Labute approximate surface area is 157 Å². The minimum Gasteiger partial charge on any atom is -0.422 e. The highest BCUT2D eigenvalue weighted by Gasteiger charge is 2.38. The molecule has 2 aromatic rings. The third-order valence-electron chi connectivity index (χ3n) is 2.93. The van der Waals surface area contributed by atoms with E-state index in [4.69, 9.17) is 51.1 Å². The van der Waals surface area contributed by atoms with Crippen molar-refractivity contribution in [3.63, 3.8) is 0 Å². The van der Waals surface area contributed by atoms with Gasteiger partial charge in [0.05, 0.1) is 5.56 Å². The number of ether oxygens (including phenoxy) is 1. The molecule has 2 rings (SSSR count). The molecule has 0 atom stereocenters. The number of esters is 1. The van der Waals surface area contributed by atoms with Crippen LogP contribution >= 0.6 is 46.4 Å². The van der Waals surface area contributed by atoms with Gasteiger partial charge in [0.1, 0.15) is 12.1 Å². The van der Waals surface area contributed by atoms with Gasteiger partial charge in [0.2, 0.25) is 0 Å². The van der Waals surface area contributed by atoms with Crippen LogP contribution in [0.4, 0.5) is 0 Å². The van der Waals surface area contributed by atoms with Crippen LogP contribution in [-0.4, -0.2) is 5.97 Å². The van der Waals surface area contributed by atoms with Gasteiger partial charge in [0.25, 0.3) is 0 Å². The Kier molecular flexibility index (Phi) is 5.59. The van der Waals surface area contributed by atoms with Crippen LogP contribution in [-0.2, 0) is 10.3 Å². The summed E-state index contributed by atoms with van der Waals surface area (Å²) in [5.41, 5.74) is -2.19. The van der Waals surface area contributed by atoms with E-state index >= 15 is 0 Å². The van der Waals surface area contributed by atoms with Gasteiger partial charge < -0.3 is 4.74 Å². The summed E-state index contributed by atoms with van der Waals surface area (Å²) in [5, 5.41) is 19.7. The fourth-order valence-electron chi connectivity index (χ4n) is 1.89. The van der Waals surface area contributed by atoms with Crippen molar-refractivity contribution in [2.45, 2.75) is 5.60 Å². The summed E-state index contributed by atoms with van der Waals surface area (Å²) in [6.07, 6.45) is 0. The molecule has 0 aromatic heterocycles. The highest BCUT2D eigenvalue weighted by atomic mass is 35.5. The molecule has 2 aromatic carbocycles. The Morgan fingerprint density at radius 2 is 1.25 bits per heavy atom. The number of halogens is 4. The number of hydrogen-bond donors (Lipinski definition) is 0. The summed E-state index contributed by atoms with van der Waals surface area (Å²) >= 11 is 23.4. The Morgan fingerprint density at radius 3 is 1.67 bits per heavy atom. The Morgan fingerprint density at radius 1 is 0.833 bits per heavy atom.